The Morgan fingerprint density at radius 3 is 1.66 bits per heavy atom. The van der Waals surface area contributed by atoms with E-state index in [9.17, 15) is 0 Å². The maximum absolute atomic E-state index is 6.12. The van der Waals surface area contributed by atoms with Gasteiger partial charge in [0.1, 0.15) is 0 Å². The molecule has 35 heavy (non-hydrogen) atoms. The summed E-state index contributed by atoms with van der Waals surface area (Å²) < 4.78 is 0. The quantitative estimate of drug-likeness (QED) is 0.273. The summed E-state index contributed by atoms with van der Waals surface area (Å²) in [6, 6.07) is 34.2. The summed E-state index contributed by atoms with van der Waals surface area (Å²) in [5, 5.41) is 7.73. The van der Waals surface area contributed by atoms with Crippen LogP contribution < -0.4 is 21.9 Å². The molecule has 0 aliphatic heterocycles. The third kappa shape index (κ3) is 2.71. The van der Waals surface area contributed by atoms with Gasteiger partial charge in [-0.25, -0.2) is 0 Å². The van der Waals surface area contributed by atoms with Crippen molar-refractivity contribution in [1.82, 2.24) is 0 Å². The lowest BCUT2D eigenvalue weighted by Gasteiger charge is -2.37. The number of hydrogen-bond acceptors (Lipinski definition) is 2. The molecule has 2 aliphatic carbocycles. The Morgan fingerprint density at radius 2 is 1.06 bits per heavy atom. The van der Waals surface area contributed by atoms with Gasteiger partial charge in [-0.2, -0.15) is 0 Å². The molecule has 7 rings (SSSR count). The van der Waals surface area contributed by atoms with Crippen molar-refractivity contribution < 1.29 is 0 Å². The molecule has 0 fully saturated rings. The second-order valence-electron chi connectivity index (χ2n) is 9.43. The predicted octanol–water partition coefficient (Wildman–Crippen LogP) is 5.58. The molecule has 2 nitrogen and oxygen atoms in total. The SMILES string of the molecule is Nc1ccc(C2(c3ccc(N)cc3)C=CC=C3C=c4c(c5ccccc5c5ccccc45)=C32)cc1. The van der Waals surface area contributed by atoms with E-state index in [0.717, 1.165) is 11.4 Å². The van der Waals surface area contributed by atoms with Crippen LogP contribution in [0.3, 0.4) is 0 Å². The number of benzene rings is 5. The molecule has 0 unspecified atom stereocenters. The fourth-order valence-electron chi connectivity index (χ4n) is 6.04. The molecule has 0 heterocycles. The van der Waals surface area contributed by atoms with Gasteiger partial charge >= 0.3 is 0 Å². The summed E-state index contributed by atoms with van der Waals surface area (Å²) in [5.74, 6) is 0. The highest BCUT2D eigenvalue weighted by molar-refractivity contribution is 6.12. The van der Waals surface area contributed by atoms with Crippen molar-refractivity contribution in [3.8, 4) is 0 Å². The number of rotatable bonds is 2. The number of allylic oxidation sites excluding steroid dienone is 4. The Labute approximate surface area is 203 Å². The van der Waals surface area contributed by atoms with Crippen LogP contribution in [0.25, 0.3) is 33.2 Å². The Morgan fingerprint density at radius 1 is 0.543 bits per heavy atom. The minimum Gasteiger partial charge on any atom is -0.399 e. The molecule has 0 bridgehead atoms. The molecule has 2 heteroatoms. The minimum absolute atomic E-state index is 0.474. The summed E-state index contributed by atoms with van der Waals surface area (Å²) in [4.78, 5) is 0. The van der Waals surface area contributed by atoms with E-state index in [1.807, 2.05) is 24.3 Å². The molecule has 4 N–H and O–H groups in total. The first kappa shape index (κ1) is 19.9. The Hall–Kier alpha value is -4.56. The Balaban J connectivity index is 1.74. The van der Waals surface area contributed by atoms with E-state index in [1.54, 1.807) is 0 Å². The zero-order valence-electron chi connectivity index (χ0n) is 19.2. The standard InChI is InChI=1S/C33H24N2/c34-24-15-11-22(12-16-24)33(23-13-17-25(35)18-14-23)19-5-6-21-20-30-28-9-2-1-7-26(28)27-8-3-4-10-29(27)31(30)32(21)33/h1-20H,34-35H2. The number of nitrogens with two attached hydrogens (primary N) is 2. The molecule has 0 atom stereocenters. The van der Waals surface area contributed by atoms with Crippen molar-refractivity contribution in [3.05, 3.63) is 142 Å². The highest BCUT2D eigenvalue weighted by atomic mass is 14.5. The van der Waals surface area contributed by atoms with Gasteiger partial charge < -0.3 is 11.5 Å². The molecule has 5 aromatic carbocycles. The number of anilines is 2. The molecule has 0 saturated heterocycles. The first-order valence-corrected chi connectivity index (χ1v) is 11.9. The van der Waals surface area contributed by atoms with E-state index in [4.69, 9.17) is 11.5 Å². The lowest BCUT2D eigenvalue weighted by molar-refractivity contribution is 0.832. The predicted molar refractivity (Wildman–Crippen MR) is 148 cm³/mol. The van der Waals surface area contributed by atoms with E-state index >= 15 is 0 Å². The van der Waals surface area contributed by atoms with Crippen molar-refractivity contribution in [2.45, 2.75) is 5.41 Å². The number of nitrogen functional groups attached to an aromatic ring is 2. The average Bonchev–Trinajstić information content (AvgIpc) is 3.31. The first-order valence-electron chi connectivity index (χ1n) is 11.9. The van der Waals surface area contributed by atoms with Gasteiger partial charge in [0.05, 0.1) is 5.41 Å². The summed E-state index contributed by atoms with van der Waals surface area (Å²) >= 11 is 0. The number of hydrogen-bond donors (Lipinski definition) is 2. The summed E-state index contributed by atoms with van der Waals surface area (Å²) in [5.41, 5.74) is 18.2. The maximum atomic E-state index is 6.12. The normalized spacial score (nSPS) is 15.5. The molecule has 0 aromatic heterocycles. The van der Waals surface area contributed by atoms with Crippen LogP contribution in [0.1, 0.15) is 11.1 Å². The Bertz CT molecular complexity index is 1790. The summed E-state index contributed by atoms with van der Waals surface area (Å²) in [7, 11) is 0. The van der Waals surface area contributed by atoms with Crippen LogP contribution in [0.5, 0.6) is 0 Å². The zero-order valence-corrected chi connectivity index (χ0v) is 19.2. The van der Waals surface area contributed by atoms with Crippen molar-refractivity contribution in [2.24, 2.45) is 0 Å². The van der Waals surface area contributed by atoms with Crippen LogP contribution in [0.4, 0.5) is 11.4 Å². The zero-order chi connectivity index (χ0) is 23.6. The smallest absolute Gasteiger partial charge is 0.0647 e. The van der Waals surface area contributed by atoms with Gasteiger partial charge in [0.15, 0.2) is 0 Å². The fraction of sp³-hybridized carbons (Fsp3) is 0.0303. The largest absolute Gasteiger partial charge is 0.399 e. The van der Waals surface area contributed by atoms with Crippen molar-refractivity contribution in [1.29, 1.82) is 0 Å². The van der Waals surface area contributed by atoms with E-state index in [1.165, 1.54) is 54.3 Å². The van der Waals surface area contributed by atoms with E-state index in [0.29, 0.717) is 0 Å². The van der Waals surface area contributed by atoms with Gasteiger partial charge in [0.25, 0.3) is 0 Å². The van der Waals surface area contributed by atoms with Crippen LogP contribution in [-0.2, 0) is 5.41 Å². The maximum Gasteiger partial charge on any atom is 0.0647 e. The van der Waals surface area contributed by atoms with Crippen molar-refractivity contribution in [2.75, 3.05) is 11.5 Å². The highest BCUT2D eigenvalue weighted by Crippen LogP contribution is 2.48. The van der Waals surface area contributed by atoms with E-state index in [2.05, 4.69) is 97.1 Å². The fourth-order valence-corrected chi connectivity index (χ4v) is 6.04. The summed E-state index contributed by atoms with van der Waals surface area (Å²) in [6.45, 7) is 0. The van der Waals surface area contributed by atoms with Crippen LogP contribution in [0, 0.1) is 0 Å². The third-order valence-corrected chi connectivity index (χ3v) is 7.56. The molecule has 0 amide bonds. The monoisotopic (exact) mass is 448 g/mol. The van der Waals surface area contributed by atoms with Crippen molar-refractivity contribution in [3.63, 3.8) is 0 Å². The average molecular weight is 449 g/mol. The summed E-state index contributed by atoms with van der Waals surface area (Å²) in [6.07, 6.45) is 9.13. The second kappa shape index (κ2) is 7.22. The first-order chi connectivity index (χ1) is 17.2. The highest BCUT2D eigenvalue weighted by Gasteiger charge is 2.40. The van der Waals surface area contributed by atoms with E-state index in [-0.39, 0.29) is 0 Å². The molecule has 0 radical (unpaired) electrons. The van der Waals surface area contributed by atoms with Gasteiger partial charge in [-0.15, -0.1) is 0 Å². The van der Waals surface area contributed by atoms with Gasteiger partial charge in [-0.3, -0.25) is 0 Å². The molecule has 2 aliphatic rings. The third-order valence-electron chi connectivity index (χ3n) is 7.56. The number of fused-ring (bicyclic) bond motifs is 7. The Kier molecular flexibility index (Phi) is 4.10. The lowest BCUT2D eigenvalue weighted by Crippen LogP contribution is -2.35. The van der Waals surface area contributed by atoms with Gasteiger partial charge in [-0.05, 0) is 84.6 Å². The van der Waals surface area contributed by atoms with Crippen LogP contribution in [0.15, 0.2) is 121 Å². The molecule has 0 saturated carbocycles. The molecule has 5 aromatic rings. The van der Waals surface area contributed by atoms with Crippen LogP contribution in [-0.4, -0.2) is 0 Å². The molecule has 166 valence electrons. The van der Waals surface area contributed by atoms with Gasteiger partial charge in [0, 0.05) is 11.4 Å². The van der Waals surface area contributed by atoms with Crippen molar-refractivity contribution >= 4 is 44.6 Å². The van der Waals surface area contributed by atoms with Gasteiger partial charge in [0.2, 0.25) is 0 Å². The van der Waals surface area contributed by atoms with Crippen LogP contribution >= 0.6 is 0 Å². The minimum atomic E-state index is -0.474. The van der Waals surface area contributed by atoms with Crippen LogP contribution in [0.2, 0.25) is 0 Å². The molecular formula is C33H24N2. The topological polar surface area (TPSA) is 52.0 Å². The lowest BCUT2D eigenvalue weighted by atomic mass is 9.65. The van der Waals surface area contributed by atoms with Gasteiger partial charge in [-0.1, -0.05) is 91.0 Å². The molecular weight excluding hydrogens is 424 g/mol. The second-order valence-corrected chi connectivity index (χ2v) is 9.43. The van der Waals surface area contributed by atoms with E-state index < -0.39 is 5.41 Å². The molecule has 0 spiro atoms.